The van der Waals surface area contributed by atoms with Gasteiger partial charge >= 0.3 is 0 Å². The first-order chi connectivity index (χ1) is 16.5. The molecule has 2 saturated heterocycles. The van der Waals surface area contributed by atoms with Gasteiger partial charge in [0.25, 0.3) is 5.92 Å². The smallest absolute Gasteiger partial charge is 0.279 e. The normalized spacial score (nSPS) is 41.3. The van der Waals surface area contributed by atoms with E-state index in [0.717, 1.165) is 70.1 Å². The van der Waals surface area contributed by atoms with Crippen LogP contribution in [0.2, 0.25) is 0 Å². The first kappa shape index (κ1) is 23.2. The minimum atomic E-state index is -2.82. The second-order valence-corrected chi connectivity index (χ2v) is 11.4. The lowest BCUT2D eigenvalue weighted by molar-refractivity contribution is -0.250. The van der Waals surface area contributed by atoms with E-state index < -0.39 is 23.7 Å². The largest absolute Gasteiger partial charge is 0.465 e. The summed E-state index contributed by atoms with van der Waals surface area (Å²) in [7, 11) is 0. The molecular weight excluding hydrogens is 438 g/mol. The third kappa shape index (κ3) is 3.88. The van der Waals surface area contributed by atoms with E-state index in [1.807, 2.05) is 6.92 Å². The molecule has 4 fully saturated rings. The summed E-state index contributed by atoms with van der Waals surface area (Å²) in [6.45, 7) is 3.21. The molecule has 1 aromatic rings. The number of aryl methyl sites for hydroxylation is 1. The van der Waals surface area contributed by atoms with E-state index in [1.165, 1.54) is 11.1 Å². The quantitative estimate of drug-likeness (QED) is 0.490. The number of alkyl halides is 2. The molecule has 2 saturated carbocycles. The van der Waals surface area contributed by atoms with Crippen molar-refractivity contribution in [2.75, 3.05) is 13.2 Å². The second-order valence-electron chi connectivity index (χ2n) is 11.4. The summed E-state index contributed by atoms with van der Waals surface area (Å²) in [6.07, 6.45) is 7.93. The molecular formula is C28H38F2O4. The fourth-order valence-electron chi connectivity index (χ4n) is 7.65. The third-order valence-corrected chi connectivity index (χ3v) is 9.58. The van der Waals surface area contributed by atoms with Gasteiger partial charge in [-0.3, -0.25) is 0 Å². The van der Waals surface area contributed by atoms with Crippen molar-refractivity contribution in [1.82, 2.24) is 0 Å². The molecule has 2 heterocycles. The number of fused-ring (bicyclic) bond motifs is 5. The van der Waals surface area contributed by atoms with Crippen LogP contribution in [0.5, 0.6) is 5.75 Å². The van der Waals surface area contributed by atoms with Crippen molar-refractivity contribution >= 4 is 0 Å². The first-order valence-electron chi connectivity index (χ1n) is 13.5. The van der Waals surface area contributed by atoms with Gasteiger partial charge in [0.05, 0.1) is 6.61 Å². The number of halogens is 2. The molecule has 2 aliphatic heterocycles. The summed E-state index contributed by atoms with van der Waals surface area (Å²) < 4.78 is 55.1. The molecule has 0 spiro atoms. The van der Waals surface area contributed by atoms with E-state index in [1.54, 1.807) is 0 Å². The molecule has 6 heteroatoms. The van der Waals surface area contributed by atoms with Crippen molar-refractivity contribution in [3.63, 3.8) is 0 Å². The van der Waals surface area contributed by atoms with Crippen LogP contribution < -0.4 is 4.74 Å². The molecule has 0 amide bonds. The Balaban J connectivity index is 1.19. The highest BCUT2D eigenvalue weighted by atomic mass is 19.3. The van der Waals surface area contributed by atoms with Crippen molar-refractivity contribution < 1.29 is 27.7 Å². The minimum Gasteiger partial charge on any atom is -0.465 e. The van der Waals surface area contributed by atoms with Gasteiger partial charge in [-0.1, -0.05) is 13.0 Å². The van der Waals surface area contributed by atoms with Crippen LogP contribution >= 0.6 is 0 Å². The Hall–Kier alpha value is -1.24. The molecule has 2 unspecified atom stereocenters. The van der Waals surface area contributed by atoms with E-state index >= 15 is 8.78 Å². The average molecular weight is 477 g/mol. The van der Waals surface area contributed by atoms with Gasteiger partial charge in [0, 0.05) is 18.4 Å². The Morgan fingerprint density at radius 3 is 2.44 bits per heavy atom. The zero-order valence-corrected chi connectivity index (χ0v) is 20.3. The summed E-state index contributed by atoms with van der Waals surface area (Å²) in [5, 5.41) is 0. The van der Waals surface area contributed by atoms with Crippen molar-refractivity contribution in [3.05, 3.63) is 29.3 Å². The predicted octanol–water partition coefficient (Wildman–Crippen LogP) is 6.61. The molecule has 6 rings (SSSR count). The highest BCUT2D eigenvalue weighted by Crippen LogP contribution is 2.66. The van der Waals surface area contributed by atoms with Gasteiger partial charge in [0.2, 0.25) is 0 Å². The highest BCUT2D eigenvalue weighted by molar-refractivity contribution is 5.41. The number of rotatable bonds is 4. The van der Waals surface area contributed by atoms with Crippen LogP contribution in [-0.4, -0.2) is 37.8 Å². The standard InChI is InChI=1S/C28H38F2O4/c1-27-13-12-21-20-11-9-19(33-25-6-2-4-14-31-25)16-18(20)8-10-22(21)23(27)17-24(28(27,29)30)34-26-7-3-5-15-32-26/h9,11,16,21-26H,2-8,10,12-15,17H2,1H3/t21-,22-,23+,24-,25?,26?,27+/m1/s1. The monoisotopic (exact) mass is 476 g/mol. The zero-order chi connectivity index (χ0) is 23.3. The summed E-state index contributed by atoms with van der Waals surface area (Å²) in [6, 6.07) is 6.43. The first-order valence-corrected chi connectivity index (χ1v) is 13.5. The van der Waals surface area contributed by atoms with Crippen LogP contribution in [0.1, 0.15) is 88.2 Å². The van der Waals surface area contributed by atoms with Crippen molar-refractivity contribution in [1.29, 1.82) is 0 Å². The number of hydrogen-bond acceptors (Lipinski definition) is 4. The van der Waals surface area contributed by atoms with Crippen LogP contribution in [0.3, 0.4) is 0 Å². The van der Waals surface area contributed by atoms with Gasteiger partial charge in [0.1, 0.15) is 11.9 Å². The summed E-state index contributed by atoms with van der Waals surface area (Å²) in [5.74, 6) is -1.33. The Morgan fingerprint density at radius 1 is 0.941 bits per heavy atom. The molecule has 3 aliphatic carbocycles. The molecule has 4 nitrogen and oxygen atoms in total. The van der Waals surface area contributed by atoms with Crippen LogP contribution in [0.15, 0.2) is 18.2 Å². The Bertz CT molecular complexity index is 879. The Kier molecular flexibility index (Phi) is 6.14. The summed E-state index contributed by atoms with van der Waals surface area (Å²) >= 11 is 0. The van der Waals surface area contributed by atoms with Gasteiger partial charge in [-0.15, -0.1) is 0 Å². The molecule has 5 aliphatic rings. The van der Waals surface area contributed by atoms with Gasteiger partial charge < -0.3 is 18.9 Å². The molecule has 0 bridgehead atoms. The number of hydrogen-bond donors (Lipinski definition) is 0. The van der Waals surface area contributed by atoms with Gasteiger partial charge in [-0.05, 0) is 105 Å². The molecule has 1 aromatic carbocycles. The molecule has 7 atom stereocenters. The summed E-state index contributed by atoms with van der Waals surface area (Å²) in [4.78, 5) is 0. The molecule has 188 valence electrons. The van der Waals surface area contributed by atoms with E-state index in [-0.39, 0.29) is 18.1 Å². The minimum absolute atomic E-state index is 0.0189. The van der Waals surface area contributed by atoms with E-state index in [0.29, 0.717) is 25.4 Å². The number of ether oxygens (including phenoxy) is 4. The molecule has 0 aromatic heterocycles. The average Bonchev–Trinajstić information content (AvgIpc) is 3.05. The number of benzene rings is 1. The summed E-state index contributed by atoms with van der Waals surface area (Å²) in [5.41, 5.74) is 1.68. The molecule has 34 heavy (non-hydrogen) atoms. The van der Waals surface area contributed by atoms with Crippen LogP contribution in [-0.2, 0) is 20.6 Å². The van der Waals surface area contributed by atoms with E-state index in [2.05, 4.69) is 18.2 Å². The molecule has 0 N–H and O–H groups in total. The van der Waals surface area contributed by atoms with Crippen LogP contribution in [0, 0.1) is 17.3 Å². The fourth-order valence-corrected chi connectivity index (χ4v) is 7.65. The Labute approximate surface area is 201 Å². The highest BCUT2D eigenvalue weighted by Gasteiger charge is 2.69. The van der Waals surface area contributed by atoms with E-state index in [9.17, 15) is 0 Å². The van der Waals surface area contributed by atoms with Crippen molar-refractivity contribution in [2.24, 2.45) is 17.3 Å². The maximum atomic E-state index is 15.8. The third-order valence-electron chi connectivity index (χ3n) is 9.58. The van der Waals surface area contributed by atoms with Gasteiger partial charge in [-0.25, -0.2) is 8.78 Å². The van der Waals surface area contributed by atoms with E-state index in [4.69, 9.17) is 18.9 Å². The van der Waals surface area contributed by atoms with Crippen molar-refractivity contribution in [3.8, 4) is 5.75 Å². The SMILES string of the molecule is C[C@]12CC[C@@H]3c4ccc(OC5CCCCO5)cc4CC[C@H]3[C@@H]1C[C@@H](OC1CCCCO1)C2(F)F. The van der Waals surface area contributed by atoms with Crippen molar-refractivity contribution in [2.45, 2.75) is 108 Å². The maximum absolute atomic E-state index is 15.8. The predicted molar refractivity (Wildman–Crippen MR) is 124 cm³/mol. The fraction of sp³-hybridized carbons (Fsp3) is 0.786. The zero-order valence-electron chi connectivity index (χ0n) is 20.3. The van der Waals surface area contributed by atoms with Crippen LogP contribution in [0.4, 0.5) is 8.78 Å². The lowest BCUT2D eigenvalue weighted by atomic mass is 9.55. The van der Waals surface area contributed by atoms with Gasteiger partial charge in [-0.2, -0.15) is 0 Å². The lowest BCUT2D eigenvalue weighted by Crippen LogP contribution is -2.49. The lowest BCUT2D eigenvalue weighted by Gasteiger charge is -2.50. The Morgan fingerprint density at radius 2 is 1.71 bits per heavy atom. The van der Waals surface area contributed by atoms with Gasteiger partial charge in [0.15, 0.2) is 12.6 Å². The maximum Gasteiger partial charge on any atom is 0.279 e. The second kappa shape index (κ2) is 9.01. The molecule has 0 radical (unpaired) electrons. The van der Waals surface area contributed by atoms with Crippen LogP contribution in [0.25, 0.3) is 0 Å². The topological polar surface area (TPSA) is 36.9 Å².